The molecule has 0 aromatic carbocycles. The molecule has 0 aliphatic heterocycles. The number of rotatable bonds is 7. The first-order valence-corrected chi connectivity index (χ1v) is 8.25. The summed E-state index contributed by atoms with van der Waals surface area (Å²) in [6, 6.07) is -0.604. The van der Waals surface area contributed by atoms with Crippen LogP contribution in [0, 0.1) is 5.92 Å². The normalized spacial score (nSPS) is 15.0. The van der Waals surface area contributed by atoms with Gasteiger partial charge in [-0.2, -0.15) is 0 Å². The van der Waals surface area contributed by atoms with Gasteiger partial charge in [-0.15, -0.1) is 0 Å². The summed E-state index contributed by atoms with van der Waals surface area (Å²) in [4.78, 5) is 26.5. The van der Waals surface area contributed by atoms with E-state index < -0.39 is 17.7 Å². The molecule has 0 saturated heterocycles. The summed E-state index contributed by atoms with van der Waals surface area (Å²) < 4.78 is 5.26. The molecule has 2 N–H and O–H groups in total. The summed E-state index contributed by atoms with van der Waals surface area (Å²) in [5.41, 5.74) is -0.755. The van der Waals surface area contributed by atoms with Crippen LogP contribution in [0.2, 0.25) is 0 Å². The minimum absolute atomic E-state index is 0.0185. The second kappa shape index (κ2) is 8.52. The Bertz CT molecular complexity index is 400. The molecule has 6 heteroatoms. The van der Waals surface area contributed by atoms with E-state index in [2.05, 4.69) is 10.6 Å². The van der Waals surface area contributed by atoms with Gasteiger partial charge < -0.3 is 20.3 Å². The van der Waals surface area contributed by atoms with Crippen LogP contribution in [0.1, 0.15) is 54.9 Å². The summed E-state index contributed by atoms with van der Waals surface area (Å²) in [5.74, 6) is -0.162. The molecule has 0 saturated carbocycles. The van der Waals surface area contributed by atoms with E-state index in [1.807, 2.05) is 46.7 Å². The Hall–Kier alpha value is -1.30. The summed E-state index contributed by atoms with van der Waals surface area (Å²) in [7, 11) is 3.94. The van der Waals surface area contributed by atoms with Crippen LogP contribution in [0.25, 0.3) is 0 Å². The van der Waals surface area contributed by atoms with Gasteiger partial charge in [-0.1, -0.05) is 20.3 Å². The maximum Gasteiger partial charge on any atom is 0.408 e. The molecule has 0 heterocycles. The Labute approximate surface area is 141 Å². The number of hydrogen-bond acceptors (Lipinski definition) is 4. The fourth-order valence-corrected chi connectivity index (χ4v) is 1.71. The van der Waals surface area contributed by atoms with Gasteiger partial charge in [-0.05, 0) is 54.6 Å². The lowest BCUT2D eigenvalue weighted by Crippen LogP contribution is -2.55. The highest BCUT2D eigenvalue weighted by Crippen LogP contribution is 2.12. The van der Waals surface area contributed by atoms with Crippen LogP contribution in [0.5, 0.6) is 0 Å². The maximum absolute atomic E-state index is 12.5. The van der Waals surface area contributed by atoms with Crippen molar-refractivity contribution in [1.29, 1.82) is 0 Å². The zero-order valence-corrected chi connectivity index (χ0v) is 16.2. The molecule has 0 radical (unpaired) electrons. The second-order valence-electron chi connectivity index (χ2n) is 7.93. The standard InChI is InChI=1S/C17H35N3O3/c1-10-12(2)13(19-15(22)23-16(3,4)5)14(21)18-11-17(6,7)20(8)9/h12-13H,10-11H2,1-9H3,(H,18,21)(H,19,22). The van der Waals surface area contributed by atoms with Gasteiger partial charge in [0.2, 0.25) is 5.91 Å². The van der Waals surface area contributed by atoms with Gasteiger partial charge in [0.15, 0.2) is 0 Å². The Balaban J connectivity index is 4.84. The van der Waals surface area contributed by atoms with E-state index >= 15 is 0 Å². The largest absolute Gasteiger partial charge is 0.444 e. The van der Waals surface area contributed by atoms with Gasteiger partial charge in [0.05, 0.1) is 0 Å². The minimum Gasteiger partial charge on any atom is -0.444 e. The van der Waals surface area contributed by atoms with Gasteiger partial charge in [0.25, 0.3) is 0 Å². The molecule has 0 aliphatic carbocycles. The lowest BCUT2D eigenvalue weighted by molar-refractivity contribution is -0.124. The summed E-state index contributed by atoms with van der Waals surface area (Å²) in [6.07, 6.45) is 0.218. The van der Waals surface area contributed by atoms with Crippen molar-refractivity contribution < 1.29 is 14.3 Å². The molecular formula is C17H35N3O3. The number of carbonyl (C=O) groups is 2. The van der Waals surface area contributed by atoms with Crippen molar-refractivity contribution in [2.24, 2.45) is 5.92 Å². The number of carbonyl (C=O) groups excluding carboxylic acids is 2. The third kappa shape index (κ3) is 8.21. The number of amides is 2. The average molecular weight is 329 g/mol. The molecule has 23 heavy (non-hydrogen) atoms. The third-order valence-electron chi connectivity index (χ3n) is 4.07. The van der Waals surface area contributed by atoms with E-state index in [9.17, 15) is 9.59 Å². The van der Waals surface area contributed by atoms with Crippen molar-refractivity contribution in [3.63, 3.8) is 0 Å². The Morgan fingerprint density at radius 2 is 1.65 bits per heavy atom. The van der Waals surface area contributed by atoms with E-state index in [1.54, 1.807) is 20.8 Å². The summed E-state index contributed by atoms with van der Waals surface area (Å²) in [6.45, 7) is 13.9. The molecule has 0 bridgehead atoms. The first-order chi connectivity index (χ1) is 10.3. The molecule has 0 rings (SSSR count). The third-order valence-corrected chi connectivity index (χ3v) is 4.07. The van der Waals surface area contributed by atoms with Crippen molar-refractivity contribution >= 4 is 12.0 Å². The van der Waals surface area contributed by atoms with Crippen LogP contribution >= 0.6 is 0 Å². The van der Waals surface area contributed by atoms with Crippen molar-refractivity contribution in [3.05, 3.63) is 0 Å². The molecule has 0 aromatic heterocycles. The fourth-order valence-electron chi connectivity index (χ4n) is 1.71. The van der Waals surface area contributed by atoms with E-state index in [0.717, 1.165) is 6.42 Å². The van der Waals surface area contributed by atoms with Gasteiger partial charge in [0, 0.05) is 12.1 Å². The van der Waals surface area contributed by atoms with Crippen LogP contribution in [0.15, 0.2) is 0 Å². The predicted molar refractivity (Wildman–Crippen MR) is 93.4 cm³/mol. The molecule has 136 valence electrons. The van der Waals surface area contributed by atoms with Crippen molar-refractivity contribution in [2.45, 2.75) is 72.1 Å². The number of alkyl carbamates (subject to hydrolysis) is 1. The number of nitrogens with one attached hydrogen (secondary N) is 2. The zero-order valence-electron chi connectivity index (χ0n) is 16.2. The van der Waals surface area contributed by atoms with Gasteiger partial charge in [0.1, 0.15) is 11.6 Å². The molecular weight excluding hydrogens is 294 g/mol. The minimum atomic E-state index is -0.604. The molecule has 0 aromatic rings. The van der Waals surface area contributed by atoms with E-state index in [-0.39, 0.29) is 17.4 Å². The highest BCUT2D eigenvalue weighted by Gasteiger charge is 2.30. The number of ether oxygens (including phenoxy) is 1. The zero-order chi connectivity index (χ0) is 18.4. The Morgan fingerprint density at radius 3 is 2.04 bits per heavy atom. The summed E-state index contributed by atoms with van der Waals surface area (Å²) >= 11 is 0. The van der Waals surface area contributed by atoms with Gasteiger partial charge in [-0.3, -0.25) is 4.79 Å². The lowest BCUT2D eigenvalue weighted by Gasteiger charge is -2.34. The average Bonchev–Trinajstić information content (AvgIpc) is 2.39. The molecule has 6 nitrogen and oxygen atoms in total. The topological polar surface area (TPSA) is 70.7 Å². The molecule has 0 aliphatic rings. The van der Waals surface area contributed by atoms with E-state index in [0.29, 0.717) is 6.54 Å². The lowest BCUT2D eigenvalue weighted by atomic mass is 9.97. The van der Waals surface area contributed by atoms with Crippen LogP contribution in [-0.4, -0.2) is 54.7 Å². The Morgan fingerprint density at radius 1 is 1.13 bits per heavy atom. The van der Waals surface area contributed by atoms with Crippen LogP contribution in [0.3, 0.4) is 0 Å². The highest BCUT2D eigenvalue weighted by molar-refractivity contribution is 5.86. The summed E-state index contributed by atoms with van der Waals surface area (Å²) in [5, 5.41) is 5.64. The van der Waals surface area contributed by atoms with Crippen molar-refractivity contribution in [2.75, 3.05) is 20.6 Å². The molecule has 0 spiro atoms. The number of nitrogens with zero attached hydrogens (tertiary/aromatic N) is 1. The predicted octanol–water partition coefficient (Wildman–Crippen LogP) is 2.38. The Kier molecular flexibility index (Phi) is 8.04. The van der Waals surface area contributed by atoms with Crippen molar-refractivity contribution in [3.8, 4) is 0 Å². The van der Waals surface area contributed by atoms with Gasteiger partial charge in [-0.25, -0.2) is 4.79 Å². The SMILES string of the molecule is CCC(C)C(NC(=O)OC(C)(C)C)C(=O)NCC(C)(C)N(C)C. The van der Waals surface area contributed by atoms with E-state index in [1.165, 1.54) is 0 Å². The maximum atomic E-state index is 12.5. The van der Waals surface area contributed by atoms with Gasteiger partial charge >= 0.3 is 6.09 Å². The number of hydrogen-bond donors (Lipinski definition) is 2. The first-order valence-electron chi connectivity index (χ1n) is 8.25. The van der Waals surface area contributed by atoms with Crippen molar-refractivity contribution in [1.82, 2.24) is 15.5 Å². The highest BCUT2D eigenvalue weighted by atomic mass is 16.6. The van der Waals surface area contributed by atoms with Crippen LogP contribution in [0.4, 0.5) is 4.79 Å². The molecule has 0 fully saturated rings. The van der Waals surface area contributed by atoms with Crippen LogP contribution < -0.4 is 10.6 Å². The number of likely N-dealkylation sites (N-methyl/N-ethyl adjacent to an activating group) is 1. The first kappa shape index (κ1) is 21.7. The molecule has 2 atom stereocenters. The molecule has 2 unspecified atom stereocenters. The second-order valence-corrected chi connectivity index (χ2v) is 7.93. The smallest absolute Gasteiger partial charge is 0.408 e. The van der Waals surface area contributed by atoms with E-state index in [4.69, 9.17) is 4.74 Å². The molecule has 2 amide bonds. The van der Waals surface area contributed by atoms with Crippen LogP contribution in [-0.2, 0) is 9.53 Å². The fraction of sp³-hybridized carbons (Fsp3) is 0.882. The monoisotopic (exact) mass is 329 g/mol. The quantitative estimate of drug-likeness (QED) is 0.752.